The van der Waals surface area contributed by atoms with E-state index in [-0.39, 0.29) is 17.9 Å². The van der Waals surface area contributed by atoms with Crippen LogP contribution in [-0.2, 0) is 16.1 Å². The SMILES string of the molecule is CCCC(=O)N(Cc1cccc(C)c1)[C@@H](CC)C(=O)NC1CCCCC1. The number of amides is 2. The average Bonchev–Trinajstić information content (AvgIpc) is 2.62. The molecule has 1 aliphatic carbocycles. The summed E-state index contributed by atoms with van der Waals surface area (Å²) in [5.41, 5.74) is 2.25. The first kappa shape index (κ1) is 20.5. The van der Waals surface area contributed by atoms with Crippen LogP contribution >= 0.6 is 0 Å². The fourth-order valence-electron chi connectivity index (χ4n) is 3.83. The van der Waals surface area contributed by atoms with Crippen molar-refractivity contribution < 1.29 is 9.59 Å². The molecule has 1 aromatic rings. The third-order valence-corrected chi connectivity index (χ3v) is 5.24. The molecule has 1 aromatic carbocycles. The fourth-order valence-corrected chi connectivity index (χ4v) is 3.83. The molecule has 0 heterocycles. The second kappa shape index (κ2) is 10.3. The van der Waals surface area contributed by atoms with Crippen LogP contribution in [0.15, 0.2) is 24.3 Å². The first-order valence-electron chi connectivity index (χ1n) is 10.2. The van der Waals surface area contributed by atoms with Crippen LogP contribution in [0.2, 0.25) is 0 Å². The van der Waals surface area contributed by atoms with Gasteiger partial charge in [0.2, 0.25) is 11.8 Å². The highest BCUT2D eigenvalue weighted by atomic mass is 16.2. The van der Waals surface area contributed by atoms with E-state index in [2.05, 4.69) is 24.4 Å². The van der Waals surface area contributed by atoms with Gasteiger partial charge < -0.3 is 10.2 Å². The van der Waals surface area contributed by atoms with E-state index in [1.807, 2.05) is 26.0 Å². The van der Waals surface area contributed by atoms with Crippen LogP contribution in [0.5, 0.6) is 0 Å². The molecule has 1 N–H and O–H groups in total. The zero-order chi connectivity index (χ0) is 18.9. The van der Waals surface area contributed by atoms with Gasteiger partial charge in [-0.1, -0.05) is 62.9 Å². The minimum absolute atomic E-state index is 0.0107. The normalized spacial score (nSPS) is 16.1. The molecule has 1 atom stereocenters. The molecule has 0 unspecified atom stereocenters. The molecule has 0 saturated heterocycles. The van der Waals surface area contributed by atoms with Gasteiger partial charge in [-0.3, -0.25) is 9.59 Å². The van der Waals surface area contributed by atoms with Crippen LogP contribution in [-0.4, -0.2) is 28.8 Å². The number of nitrogens with one attached hydrogen (secondary N) is 1. The summed E-state index contributed by atoms with van der Waals surface area (Å²) in [6.45, 7) is 6.55. The molecule has 1 saturated carbocycles. The van der Waals surface area contributed by atoms with Gasteiger partial charge >= 0.3 is 0 Å². The van der Waals surface area contributed by atoms with Crippen molar-refractivity contribution in [3.8, 4) is 0 Å². The summed E-state index contributed by atoms with van der Waals surface area (Å²) in [6, 6.07) is 8.07. The molecule has 26 heavy (non-hydrogen) atoms. The van der Waals surface area contributed by atoms with Crippen LogP contribution in [0, 0.1) is 6.92 Å². The maximum atomic E-state index is 12.9. The zero-order valence-corrected chi connectivity index (χ0v) is 16.6. The van der Waals surface area contributed by atoms with Crippen molar-refractivity contribution >= 4 is 11.8 Å². The van der Waals surface area contributed by atoms with Crippen molar-refractivity contribution in [3.05, 3.63) is 35.4 Å². The second-order valence-electron chi connectivity index (χ2n) is 7.53. The average molecular weight is 359 g/mol. The molecule has 0 aromatic heterocycles. The van der Waals surface area contributed by atoms with E-state index < -0.39 is 6.04 Å². The van der Waals surface area contributed by atoms with Crippen molar-refractivity contribution in [1.29, 1.82) is 0 Å². The maximum Gasteiger partial charge on any atom is 0.243 e. The molecule has 4 nitrogen and oxygen atoms in total. The summed E-state index contributed by atoms with van der Waals surface area (Å²) in [5.74, 6) is 0.0798. The lowest BCUT2D eigenvalue weighted by Crippen LogP contribution is -2.51. The highest BCUT2D eigenvalue weighted by Crippen LogP contribution is 2.19. The van der Waals surface area contributed by atoms with E-state index in [1.54, 1.807) is 4.90 Å². The summed E-state index contributed by atoms with van der Waals surface area (Å²) in [7, 11) is 0. The monoisotopic (exact) mass is 358 g/mol. The van der Waals surface area contributed by atoms with Gasteiger partial charge in [0.05, 0.1) is 0 Å². The van der Waals surface area contributed by atoms with E-state index in [0.29, 0.717) is 19.4 Å². The fraction of sp³-hybridized carbons (Fsp3) is 0.636. The number of aryl methyl sites for hydroxylation is 1. The van der Waals surface area contributed by atoms with Crippen molar-refractivity contribution in [1.82, 2.24) is 10.2 Å². The number of carbonyl (C=O) groups excluding carboxylic acids is 2. The Hall–Kier alpha value is -1.84. The van der Waals surface area contributed by atoms with Gasteiger partial charge in [-0.05, 0) is 38.2 Å². The highest BCUT2D eigenvalue weighted by Gasteiger charge is 2.29. The van der Waals surface area contributed by atoms with Gasteiger partial charge in [0.25, 0.3) is 0 Å². The molecule has 0 bridgehead atoms. The van der Waals surface area contributed by atoms with E-state index in [4.69, 9.17) is 0 Å². The number of hydrogen-bond acceptors (Lipinski definition) is 2. The number of nitrogens with zero attached hydrogens (tertiary/aromatic N) is 1. The molecular formula is C22H34N2O2. The largest absolute Gasteiger partial charge is 0.352 e. The molecule has 4 heteroatoms. The smallest absolute Gasteiger partial charge is 0.243 e. The lowest BCUT2D eigenvalue weighted by molar-refractivity contribution is -0.141. The highest BCUT2D eigenvalue weighted by molar-refractivity contribution is 5.87. The molecule has 0 aliphatic heterocycles. The standard InChI is InChI=1S/C22H34N2O2/c1-4-10-21(25)24(16-18-12-9-11-17(3)15-18)20(5-2)22(26)23-19-13-7-6-8-14-19/h9,11-12,15,19-20H,4-8,10,13-14,16H2,1-3H3,(H,23,26)/t20-/m0/s1. The minimum Gasteiger partial charge on any atom is -0.352 e. The maximum absolute atomic E-state index is 12.9. The Morgan fingerprint density at radius 3 is 2.54 bits per heavy atom. The molecule has 1 fully saturated rings. The summed E-state index contributed by atoms with van der Waals surface area (Å²) in [6.07, 6.45) is 7.67. The molecule has 0 radical (unpaired) electrons. The Balaban J connectivity index is 2.14. The Morgan fingerprint density at radius 2 is 1.92 bits per heavy atom. The summed E-state index contributed by atoms with van der Waals surface area (Å²) >= 11 is 0. The molecule has 1 aliphatic rings. The van der Waals surface area contributed by atoms with Crippen molar-refractivity contribution in [2.45, 2.75) is 90.8 Å². The number of benzene rings is 1. The number of hydrogen-bond donors (Lipinski definition) is 1. The van der Waals surface area contributed by atoms with Gasteiger partial charge in [0.1, 0.15) is 6.04 Å². The van der Waals surface area contributed by atoms with Gasteiger partial charge in [0.15, 0.2) is 0 Å². The Bertz CT molecular complexity index is 594. The Morgan fingerprint density at radius 1 is 1.19 bits per heavy atom. The molecule has 0 spiro atoms. The summed E-state index contributed by atoms with van der Waals surface area (Å²) < 4.78 is 0. The van der Waals surface area contributed by atoms with E-state index in [1.165, 1.54) is 24.8 Å². The van der Waals surface area contributed by atoms with Gasteiger partial charge in [-0.15, -0.1) is 0 Å². The van der Waals surface area contributed by atoms with E-state index in [0.717, 1.165) is 24.8 Å². The lowest BCUT2D eigenvalue weighted by atomic mass is 9.95. The van der Waals surface area contributed by atoms with Crippen LogP contribution in [0.4, 0.5) is 0 Å². The Kier molecular flexibility index (Phi) is 8.14. The van der Waals surface area contributed by atoms with Crippen LogP contribution in [0.3, 0.4) is 0 Å². The number of carbonyl (C=O) groups is 2. The lowest BCUT2D eigenvalue weighted by Gasteiger charge is -2.33. The van der Waals surface area contributed by atoms with Crippen LogP contribution < -0.4 is 5.32 Å². The van der Waals surface area contributed by atoms with Crippen molar-refractivity contribution in [2.24, 2.45) is 0 Å². The summed E-state index contributed by atoms with van der Waals surface area (Å²) in [5, 5.41) is 3.21. The Labute approximate surface area is 158 Å². The predicted molar refractivity (Wildman–Crippen MR) is 106 cm³/mol. The van der Waals surface area contributed by atoms with E-state index in [9.17, 15) is 9.59 Å². The topological polar surface area (TPSA) is 49.4 Å². The molecule has 2 rings (SSSR count). The molecule has 2 amide bonds. The van der Waals surface area contributed by atoms with Gasteiger partial charge in [0, 0.05) is 19.0 Å². The first-order chi connectivity index (χ1) is 12.5. The summed E-state index contributed by atoms with van der Waals surface area (Å²) in [4.78, 5) is 27.5. The van der Waals surface area contributed by atoms with Crippen molar-refractivity contribution in [3.63, 3.8) is 0 Å². The quantitative estimate of drug-likeness (QED) is 0.751. The third kappa shape index (κ3) is 5.86. The molecular weight excluding hydrogens is 324 g/mol. The van der Waals surface area contributed by atoms with Gasteiger partial charge in [-0.2, -0.15) is 0 Å². The van der Waals surface area contributed by atoms with Gasteiger partial charge in [-0.25, -0.2) is 0 Å². The van der Waals surface area contributed by atoms with Crippen LogP contribution in [0.25, 0.3) is 0 Å². The predicted octanol–water partition coefficient (Wildman–Crippen LogP) is 4.35. The van der Waals surface area contributed by atoms with Crippen molar-refractivity contribution in [2.75, 3.05) is 0 Å². The third-order valence-electron chi connectivity index (χ3n) is 5.24. The first-order valence-corrected chi connectivity index (χ1v) is 10.2. The zero-order valence-electron chi connectivity index (χ0n) is 16.6. The minimum atomic E-state index is -0.392. The van der Waals surface area contributed by atoms with Crippen LogP contribution in [0.1, 0.15) is 76.3 Å². The number of rotatable bonds is 8. The second-order valence-corrected chi connectivity index (χ2v) is 7.53. The molecule has 144 valence electrons. The van der Waals surface area contributed by atoms with E-state index >= 15 is 0 Å².